The fraction of sp³-hybridized carbons (Fsp3) is 0.263. The molecule has 0 radical (unpaired) electrons. The Bertz CT molecular complexity index is 915. The van der Waals surface area contributed by atoms with Crippen molar-refractivity contribution >= 4 is 22.7 Å². The maximum absolute atomic E-state index is 12.5. The van der Waals surface area contributed by atoms with E-state index >= 15 is 0 Å². The Balaban J connectivity index is 1.84. The molecular weight excluding hydrogens is 320 g/mol. The van der Waals surface area contributed by atoms with E-state index in [0.29, 0.717) is 34.2 Å². The fourth-order valence-electron chi connectivity index (χ4n) is 2.45. The van der Waals surface area contributed by atoms with E-state index < -0.39 is 0 Å². The number of hydrogen-bond donors (Lipinski definition) is 1. The number of oxazole rings is 1. The van der Waals surface area contributed by atoms with Crippen LogP contribution in [0.1, 0.15) is 36.0 Å². The van der Waals surface area contributed by atoms with Gasteiger partial charge in [-0.25, -0.2) is 4.98 Å². The molecule has 0 fully saturated rings. The molecule has 25 heavy (non-hydrogen) atoms. The summed E-state index contributed by atoms with van der Waals surface area (Å²) >= 11 is 0. The van der Waals surface area contributed by atoms with Crippen LogP contribution in [-0.2, 0) is 0 Å². The van der Waals surface area contributed by atoms with Crippen molar-refractivity contribution in [2.45, 2.75) is 19.8 Å². The Kier molecular flexibility index (Phi) is 4.61. The van der Waals surface area contributed by atoms with Gasteiger partial charge >= 0.3 is 0 Å². The number of benzene rings is 2. The van der Waals surface area contributed by atoms with Gasteiger partial charge in [-0.05, 0) is 30.3 Å². The minimum Gasteiger partial charge on any atom is -0.493 e. The van der Waals surface area contributed by atoms with Crippen LogP contribution < -0.4 is 14.8 Å². The van der Waals surface area contributed by atoms with Crippen molar-refractivity contribution in [2.24, 2.45) is 0 Å². The maximum Gasteiger partial charge on any atom is 0.255 e. The molecule has 0 aliphatic carbocycles. The monoisotopic (exact) mass is 340 g/mol. The lowest BCUT2D eigenvalue weighted by Crippen LogP contribution is -2.12. The number of ether oxygens (including phenoxy) is 2. The van der Waals surface area contributed by atoms with Crippen LogP contribution in [0.25, 0.3) is 11.1 Å². The molecule has 3 aromatic rings. The number of amides is 1. The average Bonchev–Trinajstić information content (AvgIpc) is 3.04. The zero-order chi connectivity index (χ0) is 18.0. The van der Waals surface area contributed by atoms with E-state index in [1.165, 1.54) is 7.11 Å². The minimum absolute atomic E-state index is 0.206. The lowest BCUT2D eigenvalue weighted by Gasteiger charge is -2.10. The van der Waals surface area contributed by atoms with Gasteiger partial charge in [0.05, 0.1) is 14.2 Å². The van der Waals surface area contributed by atoms with Gasteiger partial charge in [-0.15, -0.1) is 0 Å². The second-order valence-electron chi connectivity index (χ2n) is 5.91. The van der Waals surface area contributed by atoms with E-state index in [4.69, 9.17) is 13.9 Å². The SMILES string of the molecule is COc1ccc(C(=O)Nc2ccc3nc(C(C)C)oc3c2)cc1OC. The highest BCUT2D eigenvalue weighted by atomic mass is 16.5. The van der Waals surface area contributed by atoms with Gasteiger partial charge in [0.25, 0.3) is 5.91 Å². The zero-order valence-electron chi connectivity index (χ0n) is 14.6. The molecule has 0 saturated heterocycles. The van der Waals surface area contributed by atoms with E-state index in [9.17, 15) is 4.79 Å². The maximum atomic E-state index is 12.5. The standard InChI is InChI=1S/C19H20N2O4/c1-11(2)19-21-14-7-6-13(10-16(14)25-19)20-18(22)12-5-8-15(23-3)17(9-12)24-4/h5-11H,1-4H3,(H,20,22). The van der Waals surface area contributed by atoms with E-state index in [2.05, 4.69) is 10.3 Å². The van der Waals surface area contributed by atoms with E-state index in [1.807, 2.05) is 19.9 Å². The van der Waals surface area contributed by atoms with Gasteiger partial charge in [-0.1, -0.05) is 13.8 Å². The first-order valence-corrected chi connectivity index (χ1v) is 7.95. The number of methoxy groups -OCH3 is 2. The van der Waals surface area contributed by atoms with Crippen LogP contribution in [0.4, 0.5) is 5.69 Å². The van der Waals surface area contributed by atoms with Crippen molar-refractivity contribution in [3.05, 3.63) is 47.9 Å². The van der Waals surface area contributed by atoms with Crippen LogP contribution in [0.15, 0.2) is 40.8 Å². The Hall–Kier alpha value is -3.02. The summed E-state index contributed by atoms with van der Waals surface area (Å²) in [5.41, 5.74) is 2.53. The van der Waals surface area contributed by atoms with E-state index in [1.54, 1.807) is 37.4 Å². The first-order chi connectivity index (χ1) is 12.0. The number of anilines is 1. The van der Waals surface area contributed by atoms with Crippen LogP contribution in [-0.4, -0.2) is 25.1 Å². The summed E-state index contributed by atoms with van der Waals surface area (Å²) in [5.74, 6) is 1.71. The topological polar surface area (TPSA) is 73.6 Å². The molecule has 0 unspecified atom stereocenters. The lowest BCUT2D eigenvalue weighted by atomic mass is 10.2. The van der Waals surface area contributed by atoms with Crippen LogP contribution in [0.3, 0.4) is 0 Å². The highest BCUT2D eigenvalue weighted by molar-refractivity contribution is 6.05. The first-order valence-electron chi connectivity index (χ1n) is 7.95. The molecule has 130 valence electrons. The van der Waals surface area contributed by atoms with Crippen molar-refractivity contribution < 1.29 is 18.7 Å². The van der Waals surface area contributed by atoms with Crippen molar-refractivity contribution in [3.63, 3.8) is 0 Å². The smallest absolute Gasteiger partial charge is 0.255 e. The van der Waals surface area contributed by atoms with Crippen LogP contribution in [0.5, 0.6) is 11.5 Å². The summed E-state index contributed by atoms with van der Waals surface area (Å²) in [6.07, 6.45) is 0. The minimum atomic E-state index is -0.246. The third kappa shape index (κ3) is 3.42. The number of carbonyl (C=O) groups is 1. The van der Waals surface area contributed by atoms with Crippen molar-refractivity contribution in [1.29, 1.82) is 0 Å². The Labute approximate surface area is 145 Å². The third-order valence-electron chi connectivity index (χ3n) is 3.80. The predicted octanol–water partition coefficient (Wildman–Crippen LogP) is 4.22. The molecule has 1 aromatic heterocycles. The van der Waals surface area contributed by atoms with Crippen LogP contribution in [0, 0.1) is 0 Å². The van der Waals surface area contributed by atoms with Gasteiger partial charge in [0, 0.05) is 23.2 Å². The normalized spacial score (nSPS) is 10.9. The Morgan fingerprint density at radius 2 is 1.84 bits per heavy atom. The number of carbonyl (C=O) groups excluding carboxylic acids is 1. The van der Waals surface area contributed by atoms with Crippen molar-refractivity contribution in [3.8, 4) is 11.5 Å². The van der Waals surface area contributed by atoms with Gasteiger partial charge in [-0.3, -0.25) is 4.79 Å². The summed E-state index contributed by atoms with van der Waals surface area (Å²) in [7, 11) is 3.08. The molecule has 1 N–H and O–H groups in total. The second-order valence-corrected chi connectivity index (χ2v) is 5.91. The zero-order valence-corrected chi connectivity index (χ0v) is 14.6. The van der Waals surface area contributed by atoms with E-state index in [-0.39, 0.29) is 11.8 Å². The number of aromatic nitrogens is 1. The summed E-state index contributed by atoms with van der Waals surface area (Å²) in [4.78, 5) is 16.9. The Morgan fingerprint density at radius 1 is 1.08 bits per heavy atom. The summed E-state index contributed by atoms with van der Waals surface area (Å²) in [5, 5.41) is 2.85. The van der Waals surface area contributed by atoms with Crippen LogP contribution in [0.2, 0.25) is 0 Å². The lowest BCUT2D eigenvalue weighted by molar-refractivity contribution is 0.102. The van der Waals surface area contributed by atoms with Gasteiger partial charge in [0.2, 0.25) is 0 Å². The summed E-state index contributed by atoms with van der Waals surface area (Å²) in [6.45, 7) is 4.04. The molecule has 0 bridgehead atoms. The first kappa shape index (κ1) is 16.8. The van der Waals surface area contributed by atoms with Crippen molar-refractivity contribution in [2.75, 3.05) is 19.5 Å². The number of hydrogen-bond acceptors (Lipinski definition) is 5. The number of rotatable bonds is 5. The van der Waals surface area contributed by atoms with Gasteiger partial charge < -0.3 is 19.2 Å². The quantitative estimate of drug-likeness (QED) is 0.753. The molecule has 3 rings (SSSR count). The molecule has 0 aliphatic rings. The number of nitrogens with one attached hydrogen (secondary N) is 1. The number of fused-ring (bicyclic) bond motifs is 1. The largest absolute Gasteiger partial charge is 0.493 e. The van der Waals surface area contributed by atoms with Gasteiger partial charge in [0.1, 0.15) is 5.52 Å². The molecule has 6 heteroatoms. The molecule has 6 nitrogen and oxygen atoms in total. The molecule has 0 spiro atoms. The molecule has 1 amide bonds. The Morgan fingerprint density at radius 3 is 2.52 bits per heavy atom. The summed E-state index contributed by atoms with van der Waals surface area (Å²) in [6, 6.07) is 10.4. The predicted molar refractivity (Wildman–Crippen MR) is 95.6 cm³/mol. The number of nitrogens with zero attached hydrogens (tertiary/aromatic N) is 1. The molecular formula is C19H20N2O4. The molecule has 0 aliphatic heterocycles. The average molecular weight is 340 g/mol. The molecule has 1 heterocycles. The fourth-order valence-corrected chi connectivity index (χ4v) is 2.45. The van der Waals surface area contributed by atoms with Crippen molar-refractivity contribution in [1.82, 2.24) is 4.98 Å². The highest BCUT2D eigenvalue weighted by Crippen LogP contribution is 2.28. The highest BCUT2D eigenvalue weighted by Gasteiger charge is 2.13. The molecule has 0 atom stereocenters. The molecule has 2 aromatic carbocycles. The van der Waals surface area contributed by atoms with Gasteiger partial charge in [0.15, 0.2) is 23.0 Å². The van der Waals surface area contributed by atoms with E-state index in [0.717, 1.165) is 5.52 Å². The van der Waals surface area contributed by atoms with Crippen LogP contribution >= 0.6 is 0 Å². The third-order valence-corrected chi connectivity index (χ3v) is 3.80. The summed E-state index contributed by atoms with van der Waals surface area (Å²) < 4.78 is 16.1. The van der Waals surface area contributed by atoms with Gasteiger partial charge in [-0.2, -0.15) is 0 Å². The second kappa shape index (κ2) is 6.84. The molecule has 0 saturated carbocycles.